The normalized spacial score (nSPS) is 11.7. The molecule has 0 atom stereocenters. The number of rotatable bonds is 5. The van der Waals surface area contributed by atoms with Gasteiger partial charge < -0.3 is 4.74 Å². The summed E-state index contributed by atoms with van der Waals surface area (Å²) in [6, 6.07) is 8.37. The lowest BCUT2D eigenvalue weighted by molar-refractivity contribution is -0.145. The third-order valence-corrected chi connectivity index (χ3v) is 5.44. The molecular formula is C14H17NO4S. The molecule has 0 amide bonds. The first-order chi connectivity index (χ1) is 9.26. The first-order valence-corrected chi connectivity index (χ1v) is 7.79. The number of benzene rings is 1. The molecule has 0 unspecified atom stereocenters. The van der Waals surface area contributed by atoms with Crippen molar-refractivity contribution in [2.45, 2.75) is 31.3 Å². The quantitative estimate of drug-likeness (QED) is 0.773. The first kappa shape index (κ1) is 16.2. The monoisotopic (exact) mass is 295 g/mol. The number of carbonyl (C=O) groups excluding carboxylic acids is 1. The Bertz CT molecular complexity index is 641. The van der Waals surface area contributed by atoms with Gasteiger partial charge in [-0.2, -0.15) is 5.26 Å². The summed E-state index contributed by atoms with van der Waals surface area (Å²) in [6.45, 7) is 4.36. The molecule has 1 aromatic carbocycles. The van der Waals surface area contributed by atoms with Gasteiger partial charge in [0, 0.05) is 0 Å². The molecule has 0 aromatic heterocycles. The van der Waals surface area contributed by atoms with Crippen molar-refractivity contribution in [3.8, 4) is 6.07 Å². The Balaban J connectivity index is 3.13. The molecule has 0 radical (unpaired) electrons. The third kappa shape index (κ3) is 3.17. The Morgan fingerprint density at radius 3 is 2.50 bits per heavy atom. The van der Waals surface area contributed by atoms with Crippen LogP contribution < -0.4 is 0 Å². The van der Waals surface area contributed by atoms with Crippen LogP contribution in [0, 0.1) is 11.3 Å². The van der Waals surface area contributed by atoms with Crippen LogP contribution in [0.1, 0.15) is 31.9 Å². The van der Waals surface area contributed by atoms with Crippen LogP contribution in [0.3, 0.4) is 0 Å². The summed E-state index contributed by atoms with van der Waals surface area (Å²) >= 11 is 0. The Kier molecular flexibility index (Phi) is 4.90. The molecule has 0 aliphatic carbocycles. The van der Waals surface area contributed by atoms with Crippen LogP contribution in [0.4, 0.5) is 0 Å². The highest BCUT2D eigenvalue weighted by Gasteiger charge is 2.43. The zero-order valence-corrected chi connectivity index (χ0v) is 12.5. The van der Waals surface area contributed by atoms with Crippen LogP contribution in [0.25, 0.3) is 0 Å². The van der Waals surface area contributed by atoms with Crippen LogP contribution in [-0.2, 0) is 25.1 Å². The van der Waals surface area contributed by atoms with Gasteiger partial charge in [-0.05, 0) is 32.4 Å². The summed E-state index contributed by atoms with van der Waals surface area (Å²) in [5, 5.41) is 8.98. The summed E-state index contributed by atoms with van der Waals surface area (Å²) in [7, 11) is -3.79. The molecule has 0 aliphatic heterocycles. The average molecular weight is 295 g/mol. The van der Waals surface area contributed by atoms with Crippen molar-refractivity contribution < 1.29 is 17.9 Å². The van der Waals surface area contributed by atoms with Gasteiger partial charge in [-0.3, -0.25) is 4.79 Å². The minimum Gasteiger partial charge on any atom is -0.465 e. The lowest BCUT2D eigenvalue weighted by Gasteiger charge is -2.22. The van der Waals surface area contributed by atoms with Crippen molar-refractivity contribution in [2.24, 2.45) is 0 Å². The van der Waals surface area contributed by atoms with E-state index in [1.807, 2.05) is 6.07 Å². The summed E-state index contributed by atoms with van der Waals surface area (Å²) in [5.74, 6) is -1.16. The summed E-state index contributed by atoms with van der Waals surface area (Å²) in [4.78, 5) is 11.8. The third-order valence-electron chi connectivity index (χ3n) is 3.03. The predicted octanol–water partition coefficient (Wildman–Crippen LogP) is 1.81. The lowest BCUT2D eigenvalue weighted by atomic mass is 10.1. The van der Waals surface area contributed by atoms with Crippen molar-refractivity contribution in [1.29, 1.82) is 5.26 Å². The molecule has 5 nitrogen and oxygen atoms in total. The van der Waals surface area contributed by atoms with Crippen molar-refractivity contribution >= 4 is 15.8 Å². The number of hydrogen-bond donors (Lipinski definition) is 0. The molecule has 0 saturated heterocycles. The maximum absolute atomic E-state index is 12.4. The van der Waals surface area contributed by atoms with Gasteiger partial charge in [0.25, 0.3) is 0 Å². The van der Waals surface area contributed by atoms with Crippen LogP contribution in [0.5, 0.6) is 0 Å². The van der Waals surface area contributed by atoms with E-state index in [1.54, 1.807) is 31.2 Å². The zero-order chi connectivity index (χ0) is 15.4. The molecule has 1 rings (SSSR count). The lowest BCUT2D eigenvalue weighted by Crippen LogP contribution is -2.42. The van der Waals surface area contributed by atoms with Gasteiger partial charge in [-0.1, -0.05) is 18.2 Å². The molecule has 0 fully saturated rings. The Morgan fingerprint density at radius 1 is 1.35 bits per heavy atom. The predicted molar refractivity (Wildman–Crippen MR) is 74.5 cm³/mol. The van der Waals surface area contributed by atoms with Gasteiger partial charge in [0.1, 0.15) is 0 Å². The molecule has 1 aromatic rings. The summed E-state index contributed by atoms with van der Waals surface area (Å²) < 4.78 is 27.9. The summed E-state index contributed by atoms with van der Waals surface area (Å²) in [5.41, 5.74) is 0.670. The van der Waals surface area contributed by atoms with Crippen LogP contribution >= 0.6 is 0 Å². The molecule has 108 valence electrons. The number of sulfone groups is 1. The molecule has 0 spiro atoms. The average Bonchev–Trinajstić information content (AvgIpc) is 2.39. The smallest absolute Gasteiger partial charge is 0.326 e. The number of nitrogens with zero attached hydrogens (tertiary/aromatic N) is 1. The van der Waals surface area contributed by atoms with E-state index >= 15 is 0 Å². The maximum Gasteiger partial charge on any atom is 0.326 e. The van der Waals surface area contributed by atoms with E-state index in [0.29, 0.717) is 5.56 Å². The number of nitriles is 1. The van der Waals surface area contributed by atoms with Gasteiger partial charge in [-0.15, -0.1) is 0 Å². The fourth-order valence-corrected chi connectivity index (χ4v) is 2.91. The van der Waals surface area contributed by atoms with E-state index < -0.39 is 20.6 Å². The Labute approximate surface area is 119 Å². The van der Waals surface area contributed by atoms with Gasteiger partial charge in [-0.25, -0.2) is 8.42 Å². The number of esters is 1. The van der Waals surface area contributed by atoms with Crippen LogP contribution in [0.2, 0.25) is 0 Å². The van der Waals surface area contributed by atoms with Crippen LogP contribution in [0.15, 0.2) is 24.3 Å². The minimum absolute atomic E-state index is 0.118. The highest BCUT2D eigenvalue weighted by atomic mass is 32.2. The van der Waals surface area contributed by atoms with Gasteiger partial charge >= 0.3 is 5.97 Å². The fourth-order valence-electron chi connectivity index (χ4n) is 1.57. The molecule has 0 aliphatic rings. The van der Waals surface area contributed by atoms with Crippen molar-refractivity contribution in [2.75, 3.05) is 6.61 Å². The molecule has 0 saturated carbocycles. The van der Waals surface area contributed by atoms with E-state index in [-0.39, 0.29) is 17.9 Å². The number of hydrogen-bond acceptors (Lipinski definition) is 5. The van der Waals surface area contributed by atoms with E-state index in [9.17, 15) is 13.2 Å². The van der Waals surface area contributed by atoms with Gasteiger partial charge in [0.2, 0.25) is 0 Å². The molecule has 20 heavy (non-hydrogen) atoms. The van der Waals surface area contributed by atoms with E-state index in [4.69, 9.17) is 10.00 Å². The molecular weight excluding hydrogens is 278 g/mol. The molecule has 6 heteroatoms. The minimum atomic E-state index is -3.79. The highest BCUT2D eigenvalue weighted by molar-refractivity contribution is 7.92. The summed E-state index contributed by atoms with van der Waals surface area (Å²) in [6.07, 6.45) is 0. The van der Waals surface area contributed by atoms with Gasteiger partial charge in [0.05, 0.1) is 24.0 Å². The highest BCUT2D eigenvalue weighted by Crippen LogP contribution is 2.24. The topological polar surface area (TPSA) is 84.2 Å². The maximum atomic E-state index is 12.4. The van der Waals surface area contributed by atoms with Crippen molar-refractivity contribution in [1.82, 2.24) is 0 Å². The molecule has 0 heterocycles. The van der Waals surface area contributed by atoms with Crippen molar-refractivity contribution in [3.63, 3.8) is 0 Å². The standard InChI is InChI=1S/C14H17NO4S/c1-4-19-13(16)14(2,3)20(17,18)10-12-8-6-5-7-11(12)9-15/h5-8H,4,10H2,1-3H3. The fraction of sp³-hybridized carbons (Fsp3) is 0.429. The molecule has 0 N–H and O–H groups in total. The van der Waals surface area contributed by atoms with Gasteiger partial charge in [0.15, 0.2) is 14.6 Å². The van der Waals surface area contributed by atoms with E-state index in [0.717, 1.165) is 0 Å². The Hall–Kier alpha value is -1.87. The first-order valence-electron chi connectivity index (χ1n) is 6.13. The van der Waals surface area contributed by atoms with Crippen molar-refractivity contribution in [3.05, 3.63) is 35.4 Å². The molecule has 0 bridgehead atoms. The second-order valence-electron chi connectivity index (χ2n) is 4.76. The zero-order valence-electron chi connectivity index (χ0n) is 11.7. The largest absolute Gasteiger partial charge is 0.465 e. The second kappa shape index (κ2) is 6.06. The SMILES string of the molecule is CCOC(=O)C(C)(C)S(=O)(=O)Cc1ccccc1C#N. The van der Waals surface area contributed by atoms with E-state index in [2.05, 4.69) is 0 Å². The van der Waals surface area contributed by atoms with Crippen LogP contribution in [-0.4, -0.2) is 25.7 Å². The van der Waals surface area contributed by atoms with E-state index in [1.165, 1.54) is 13.8 Å². The number of ether oxygens (including phenoxy) is 1. The number of carbonyl (C=O) groups is 1. The Morgan fingerprint density at radius 2 is 1.95 bits per heavy atom. The second-order valence-corrected chi connectivity index (χ2v) is 7.30.